The largest absolute Gasteiger partial charge is 0.240 e. The third kappa shape index (κ3) is 2.23. The van der Waals surface area contributed by atoms with Crippen molar-refractivity contribution in [3.8, 4) is 11.3 Å². The molecule has 0 atom stereocenters. The van der Waals surface area contributed by atoms with Gasteiger partial charge in [0.05, 0.1) is 9.99 Å². The summed E-state index contributed by atoms with van der Waals surface area (Å²) in [5.41, 5.74) is 3.30. The van der Waals surface area contributed by atoms with Gasteiger partial charge in [-0.1, -0.05) is 56.0 Å². The summed E-state index contributed by atoms with van der Waals surface area (Å²) in [6, 6.07) is 16.8. The summed E-state index contributed by atoms with van der Waals surface area (Å²) in [6.45, 7) is 7.04. The van der Waals surface area contributed by atoms with Crippen molar-refractivity contribution in [3.05, 3.63) is 53.0 Å². The summed E-state index contributed by atoms with van der Waals surface area (Å²) >= 11 is 3.72. The van der Waals surface area contributed by atoms with E-state index in [1.807, 2.05) is 18.2 Å². The highest BCUT2D eigenvalue weighted by atomic mass is 79.9. The van der Waals surface area contributed by atoms with E-state index in [9.17, 15) is 0 Å². The Kier molecular flexibility index (Phi) is 3.30. The Morgan fingerprint density at radius 3 is 2.30 bits per heavy atom. The molecule has 102 valence electrons. The van der Waals surface area contributed by atoms with Gasteiger partial charge in [-0.2, -0.15) is 5.10 Å². The standard InChI is InChI=1S/C16H17BrN2Si/c1-20(2,3)14-11-7-10-13-15(17)16(18-19(13)14)12-8-5-4-6-9-12/h4-11H,1-3H3. The number of fused-ring (bicyclic) bond motifs is 1. The number of benzene rings is 1. The summed E-state index contributed by atoms with van der Waals surface area (Å²) < 4.78 is 3.18. The highest BCUT2D eigenvalue weighted by Gasteiger charge is 2.22. The lowest BCUT2D eigenvalue weighted by Crippen LogP contribution is -2.42. The monoisotopic (exact) mass is 344 g/mol. The molecular weight excluding hydrogens is 328 g/mol. The predicted molar refractivity (Wildman–Crippen MR) is 91.3 cm³/mol. The summed E-state index contributed by atoms with van der Waals surface area (Å²) in [7, 11) is -1.43. The van der Waals surface area contributed by atoms with Crippen LogP contribution >= 0.6 is 15.9 Å². The summed E-state index contributed by atoms with van der Waals surface area (Å²) in [5.74, 6) is 0. The van der Waals surface area contributed by atoms with Gasteiger partial charge >= 0.3 is 0 Å². The molecule has 0 bridgehead atoms. The Labute approximate surface area is 128 Å². The van der Waals surface area contributed by atoms with Crippen LogP contribution in [0.15, 0.2) is 53.0 Å². The summed E-state index contributed by atoms with van der Waals surface area (Å²) in [5, 5.41) is 6.20. The van der Waals surface area contributed by atoms with Crippen molar-refractivity contribution in [2.75, 3.05) is 0 Å². The molecule has 0 fully saturated rings. The van der Waals surface area contributed by atoms with Crippen LogP contribution in [0.2, 0.25) is 19.6 Å². The van der Waals surface area contributed by atoms with Gasteiger partial charge in [0, 0.05) is 10.9 Å². The molecule has 3 rings (SSSR count). The van der Waals surface area contributed by atoms with E-state index in [0.717, 1.165) is 21.2 Å². The van der Waals surface area contributed by atoms with Gasteiger partial charge in [0.25, 0.3) is 0 Å². The minimum atomic E-state index is -1.43. The lowest BCUT2D eigenvalue weighted by Gasteiger charge is -2.17. The van der Waals surface area contributed by atoms with Gasteiger partial charge in [0.2, 0.25) is 0 Å². The van der Waals surface area contributed by atoms with Crippen LogP contribution in [0, 0.1) is 0 Å². The van der Waals surface area contributed by atoms with Gasteiger partial charge in [-0.3, -0.25) is 0 Å². The van der Waals surface area contributed by atoms with Crippen LogP contribution in [-0.2, 0) is 0 Å². The van der Waals surface area contributed by atoms with Crippen LogP contribution in [0.1, 0.15) is 0 Å². The molecule has 2 aromatic heterocycles. The molecule has 20 heavy (non-hydrogen) atoms. The van der Waals surface area contributed by atoms with E-state index in [4.69, 9.17) is 5.10 Å². The molecule has 4 heteroatoms. The Hall–Kier alpha value is -1.39. The van der Waals surface area contributed by atoms with Gasteiger partial charge < -0.3 is 0 Å². The maximum absolute atomic E-state index is 4.85. The highest BCUT2D eigenvalue weighted by molar-refractivity contribution is 9.10. The quantitative estimate of drug-likeness (QED) is 0.633. The van der Waals surface area contributed by atoms with Crippen LogP contribution in [0.5, 0.6) is 0 Å². The molecule has 1 aromatic carbocycles. The molecule has 0 amide bonds. The molecule has 0 N–H and O–H groups in total. The molecule has 0 aliphatic rings. The number of halogens is 1. The fraction of sp³-hybridized carbons (Fsp3) is 0.188. The number of rotatable bonds is 2. The lowest BCUT2D eigenvalue weighted by atomic mass is 10.1. The zero-order valence-corrected chi connectivity index (χ0v) is 14.5. The number of hydrogen-bond donors (Lipinski definition) is 0. The normalized spacial score (nSPS) is 12.0. The van der Waals surface area contributed by atoms with E-state index in [0.29, 0.717) is 0 Å². The van der Waals surface area contributed by atoms with Crippen molar-refractivity contribution < 1.29 is 0 Å². The predicted octanol–water partition coefficient (Wildman–Crippen LogP) is 4.31. The smallest absolute Gasteiger partial charge is 0.108 e. The van der Waals surface area contributed by atoms with Crippen LogP contribution in [0.4, 0.5) is 0 Å². The number of aromatic nitrogens is 2. The maximum atomic E-state index is 4.85. The number of pyridine rings is 1. The van der Waals surface area contributed by atoms with E-state index < -0.39 is 8.07 Å². The average Bonchev–Trinajstić information content (AvgIpc) is 2.76. The summed E-state index contributed by atoms with van der Waals surface area (Å²) in [4.78, 5) is 0. The summed E-state index contributed by atoms with van der Waals surface area (Å²) in [6.07, 6.45) is 0. The molecular formula is C16H17BrN2Si. The first kappa shape index (κ1) is 13.6. The molecule has 0 spiro atoms. The van der Waals surface area contributed by atoms with E-state index >= 15 is 0 Å². The number of nitrogens with zero attached hydrogens (tertiary/aromatic N) is 2. The van der Waals surface area contributed by atoms with E-state index in [1.165, 1.54) is 5.32 Å². The molecule has 0 aliphatic carbocycles. The number of hydrogen-bond acceptors (Lipinski definition) is 1. The molecule has 2 heterocycles. The third-order valence-corrected chi connectivity index (χ3v) is 6.11. The molecule has 0 saturated carbocycles. The van der Waals surface area contributed by atoms with Crippen LogP contribution in [0.3, 0.4) is 0 Å². The minimum absolute atomic E-state index is 1.01. The van der Waals surface area contributed by atoms with E-state index in [1.54, 1.807) is 0 Å². The first-order valence-electron chi connectivity index (χ1n) is 6.71. The molecule has 0 saturated heterocycles. The molecule has 3 aromatic rings. The van der Waals surface area contributed by atoms with Crippen LogP contribution in [-0.4, -0.2) is 17.7 Å². The first-order chi connectivity index (χ1) is 9.48. The Bertz CT molecular complexity index is 757. The molecule has 2 nitrogen and oxygen atoms in total. The van der Waals surface area contributed by atoms with Crippen molar-refractivity contribution in [1.29, 1.82) is 0 Å². The van der Waals surface area contributed by atoms with Crippen molar-refractivity contribution in [1.82, 2.24) is 9.61 Å². The first-order valence-corrected chi connectivity index (χ1v) is 11.0. The fourth-order valence-corrected chi connectivity index (χ4v) is 4.40. The molecule has 0 aliphatic heterocycles. The van der Waals surface area contributed by atoms with Crippen molar-refractivity contribution in [2.24, 2.45) is 0 Å². The fourth-order valence-electron chi connectivity index (χ4n) is 2.39. The van der Waals surface area contributed by atoms with E-state index in [-0.39, 0.29) is 0 Å². The van der Waals surface area contributed by atoms with Crippen LogP contribution in [0.25, 0.3) is 16.8 Å². The third-order valence-electron chi connectivity index (χ3n) is 3.41. The maximum Gasteiger partial charge on any atom is 0.108 e. The Balaban J connectivity index is 2.31. The second-order valence-corrected chi connectivity index (χ2v) is 11.8. The van der Waals surface area contributed by atoms with Crippen molar-refractivity contribution in [2.45, 2.75) is 19.6 Å². The van der Waals surface area contributed by atoms with Gasteiger partial charge in [0.15, 0.2) is 0 Å². The minimum Gasteiger partial charge on any atom is -0.240 e. The SMILES string of the molecule is C[Si](C)(C)c1cccc2c(Br)c(-c3ccccc3)nn12. The second kappa shape index (κ2) is 4.86. The van der Waals surface area contributed by atoms with Gasteiger partial charge in [0.1, 0.15) is 13.8 Å². The molecule has 0 radical (unpaired) electrons. The Morgan fingerprint density at radius 2 is 1.65 bits per heavy atom. The zero-order valence-electron chi connectivity index (χ0n) is 11.9. The molecule has 0 unspecified atom stereocenters. The topological polar surface area (TPSA) is 17.3 Å². The van der Waals surface area contributed by atoms with Crippen LogP contribution < -0.4 is 5.32 Å². The zero-order chi connectivity index (χ0) is 14.3. The Morgan fingerprint density at radius 1 is 0.950 bits per heavy atom. The van der Waals surface area contributed by atoms with Gasteiger partial charge in [-0.25, -0.2) is 4.52 Å². The van der Waals surface area contributed by atoms with Gasteiger partial charge in [-0.05, 0) is 28.1 Å². The highest BCUT2D eigenvalue weighted by Crippen LogP contribution is 2.30. The van der Waals surface area contributed by atoms with E-state index in [2.05, 4.69) is 70.4 Å². The average molecular weight is 345 g/mol. The second-order valence-electron chi connectivity index (χ2n) is 5.99. The lowest BCUT2D eigenvalue weighted by molar-refractivity contribution is 0.989. The van der Waals surface area contributed by atoms with Crippen molar-refractivity contribution in [3.63, 3.8) is 0 Å². The van der Waals surface area contributed by atoms with Gasteiger partial charge in [-0.15, -0.1) is 0 Å². The van der Waals surface area contributed by atoms with Crippen molar-refractivity contribution >= 4 is 34.8 Å².